The predicted molar refractivity (Wildman–Crippen MR) is 75.8 cm³/mol. The molecular formula is C16H12ClF3O. The number of ketones is 1. The first kappa shape index (κ1) is 15.6. The van der Waals surface area contributed by atoms with Crippen LogP contribution in [0, 0.1) is 13.8 Å². The number of hydrogen-bond donors (Lipinski definition) is 0. The van der Waals surface area contributed by atoms with Crippen LogP contribution in [0.5, 0.6) is 0 Å². The van der Waals surface area contributed by atoms with Gasteiger partial charge in [-0.25, -0.2) is 0 Å². The molecule has 0 aliphatic heterocycles. The van der Waals surface area contributed by atoms with Crippen LogP contribution in [0.3, 0.4) is 0 Å². The first-order valence-corrected chi connectivity index (χ1v) is 6.56. The summed E-state index contributed by atoms with van der Waals surface area (Å²) in [6.07, 6.45) is -4.41. The maximum Gasteiger partial charge on any atom is 0.416 e. The molecule has 2 aromatic carbocycles. The average molecular weight is 313 g/mol. The summed E-state index contributed by atoms with van der Waals surface area (Å²) in [5, 5.41) is 0.522. The lowest BCUT2D eigenvalue weighted by Crippen LogP contribution is -2.08. The molecule has 1 nitrogen and oxygen atoms in total. The molecule has 0 heterocycles. The van der Waals surface area contributed by atoms with Gasteiger partial charge >= 0.3 is 6.18 Å². The topological polar surface area (TPSA) is 17.1 Å². The molecule has 0 aliphatic rings. The Labute approximate surface area is 125 Å². The van der Waals surface area contributed by atoms with E-state index in [2.05, 4.69) is 0 Å². The van der Waals surface area contributed by atoms with Crippen LogP contribution in [0.25, 0.3) is 0 Å². The molecule has 0 spiro atoms. The third kappa shape index (κ3) is 3.27. The highest BCUT2D eigenvalue weighted by Gasteiger charge is 2.30. The van der Waals surface area contributed by atoms with Crippen LogP contribution in [0.4, 0.5) is 13.2 Å². The van der Waals surface area contributed by atoms with E-state index in [0.717, 1.165) is 12.1 Å². The summed E-state index contributed by atoms with van der Waals surface area (Å²) in [5.74, 6) is -0.310. The molecule has 0 amide bonds. The van der Waals surface area contributed by atoms with Crippen molar-refractivity contribution in [2.45, 2.75) is 20.0 Å². The number of aryl methyl sites for hydroxylation is 2. The van der Waals surface area contributed by atoms with E-state index in [1.165, 1.54) is 12.1 Å². The fraction of sp³-hybridized carbons (Fsp3) is 0.188. The summed E-state index contributed by atoms with van der Waals surface area (Å²) in [6.45, 7) is 3.49. The molecule has 2 aromatic rings. The Balaban J connectivity index is 2.42. The van der Waals surface area contributed by atoms with Gasteiger partial charge in [-0.3, -0.25) is 4.79 Å². The fourth-order valence-electron chi connectivity index (χ4n) is 2.22. The van der Waals surface area contributed by atoms with Crippen molar-refractivity contribution >= 4 is 17.4 Å². The van der Waals surface area contributed by atoms with Crippen molar-refractivity contribution in [2.75, 3.05) is 0 Å². The van der Waals surface area contributed by atoms with E-state index >= 15 is 0 Å². The quantitative estimate of drug-likeness (QED) is 0.696. The molecule has 0 unspecified atom stereocenters. The van der Waals surface area contributed by atoms with Crippen molar-refractivity contribution in [3.05, 3.63) is 69.2 Å². The third-order valence-electron chi connectivity index (χ3n) is 3.20. The predicted octanol–water partition coefficient (Wildman–Crippen LogP) is 5.21. The van der Waals surface area contributed by atoms with Gasteiger partial charge < -0.3 is 0 Å². The van der Waals surface area contributed by atoms with Crippen molar-refractivity contribution in [1.29, 1.82) is 0 Å². The summed E-state index contributed by atoms with van der Waals surface area (Å²) in [4.78, 5) is 12.4. The number of halogens is 4. The number of alkyl halides is 3. The van der Waals surface area contributed by atoms with Gasteiger partial charge in [0.15, 0.2) is 5.78 Å². The van der Waals surface area contributed by atoms with Gasteiger partial charge in [-0.2, -0.15) is 13.2 Å². The lowest BCUT2D eigenvalue weighted by molar-refractivity contribution is -0.137. The van der Waals surface area contributed by atoms with Crippen LogP contribution in [-0.4, -0.2) is 5.78 Å². The van der Waals surface area contributed by atoms with Gasteiger partial charge in [0.05, 0.1) is 5.56 Å². The molecule has 0 aromatic heterocycles. The monoisotopic (exact) mass is 312 g/mol. The van der Waals surface area contributed by atoms with Crippen molar-refractivity contribution in [1.82, 2.24) is 0 Å². The first-order valence-electron chi connectivity index (χ1n) is 6.19. The van der Waals surface area contributed by atoms with Crippen molar-refractivity contribution < 1.29 is 18.0 Å². The largest absolute Gasteiger partial charge is 0.416 e. The summed E-state index contributed by atoms with van der Waals surface area (Å²) in [6, 6.07) is 7.52. The zero-order chi connectivity index (χ0) is 15.8. The second kappa shape index (κ2) is 5.53. The number of carbonyl (C=O) groups is 1. The molecular weight excluding hydrogens is 301 g/mol. The molecule has 0 aliphatic carbocycles. The van der Waals surface area contributed by atoms with Crippen molar-refractivity contribution in [3.8, 4) is 0 Å². The van der Waals surface area contributed by atoms with E-state index in [0.29, 0.717) is 21.7 Å². The van der Waals surface area contributed by atoms with E-state index in [4.69, 9.17) is 11.6 Å². The van der Waals surface area contributed by atoms with Gasteiger partial charge in [-0.1, -0.05) is 23.7 Å². The van der Waals surface area contributed by atoms with Gasteiger partial charge in [-0.05, 0) is 49.2 Å². The molecule has 0 radical (unpaired) electrons. The lowest BCUT2D eigenvalue weighted by Gasteiger charge is -2.11. The number of hydrogen-bond acceptors (Lipinski definition) is 1. The van der Waals surface area contributed by atoms with Crippen LogP contribution in [0.1, 0.15) is 32.6 Å². The smallest absolute Gasteiger partial charge is 0.289 e. The van der Waals surface area contributed by atoms with Crippen LogP contribution in [0.15, 0.2) is 36.4 Å². The minimum Gasteiger partial charge on any atom is -0.289 e. The number of carbonyl (C=O) groups excluding carboxylic acids is 1. The van der Waals surface area contributed by atoms with Crippen molar-refractivity contribution in [3.63, 3.8) is 0 Å². The summed E-state index contributed by atoms with van der Waals surface area (Å²) in [7, 11) is 0. The van der Waals surface area contributed by atoms with Crippen LogP contribution >= 0.6 is 11.6 Å². The Hall–Kier alpha value is -1.81. The van der Waals surface area contributed by atoms with Gasteiger partial charge in [0.1, 0.15) is 0 Å². The SMILES string of the molecule is Cc1cc(Cl)cc(C)c1C(=O)c1ccc(C(F)(F)F)cc1. The Morgan fingerprint density at radius 3 is 1.90 bits per heavy atom. The summed E-state index contributed by atoms with van der Waals surface area (Å²) >= 11 is 5.91. The molecule has 2 rings (SSSR count). The highest BCUT2D eigenvalue weighted by Crippen LogP contribution is 2.30. The standard InChI is InChI=1S/C16H12ClF3O/c1-9-7-13(17)8-10(2)14(9)15(21)11-3-5-12(6-4-11)16(18,19)20/h3-8H,1-2H3. The van der Waals surface area contributed by atoms with E-state index in [-0.39, 0.29) is 11.3 Å². The molecule has 0 atom stereocenters. The Bertz CT molecular complexity index is 665. The van der Waals surface area contributed by atoms with Crippen molar-refractivity contribution in [2.24, 2.45) is 0 Å². The van der Waals surface area contributed by atoms with E-state index in [1.807, 2.05) is 0 Å². The van der Waals surface area contributed by atoms with Gasteiger partial charge in [0.25, 0.3) is 0 Å². The molecule has 0 saturated carbocycles. The highest BCUT2D eigenvalue weighted by atomic mass is 35.5. The summed E-state index contributed by atoms with van der Waals surface area (Å²) < 4.78 is 37.6. The Morgan fingerprint density at radius 2 is 1.48 bits per heavy atom. The van der Waals surface area contributed by atoms with E-state index in [9.17, 15) is 18.0 Å². The van der Waals surface area contributed by atoms with Gasteiger partial charge in [0, 0.05) is 16.1 Å². The minimum absolute atomic E-state index is 0.219. The highest BCUT2D eigenvalue weighted by molar-refractivity contribution is 6.31. The maximum absolute atomic E-state index is 12.5. The molecule has 0 saturated heterocycles. The van der Waals surface area contributed by atoms with Gasteiger partial charge in [-0.15, -0.1) is 0 Å². The molecule has 0 fully saturated rings. The summed E-state index contributed by atoms with van der Waals surface area (Å²) in [5.41, 5.74) is 1.31. The first-order chi connectivity index (χ1) is 9.70. The third-order valence-corrected chi connectivity index (χ3v) is 3.42. The van der Waals surface area contributed by atoms with Crippen LogP contribution < -0.4 is 0 Å². The molecule has 5 heteroatoms. The minimum atomic E-state index is -4.41. The zero-order valence-electron chi connectivity index (χ0n) is 11.4. The second-order valence-corrected chi connectivity index (χ2v) is 5.26. The molecule has 110 valence electrons. The maximum atomic E-state index is 12.5. The fourth-order valence-corrected chi connectivity index (χ4v) is 2.55. The van der Waals surface area contributed by atoms with Gasteiger partial charge in [0.2, 0.25) is 0 Å². The average Bonchev–Trinajstić information content (AvgIpc) is 2.36. The molecule has 21 heavy (non-hydrogen) atoms. The normalized spacial score (nSPS) is 11.5. The zero-order valence-corrected chi connectivity index (χ0v) is 12.1. The lowest BCUT2D eigenvalue weighted by atomic mass is 9.94. The van der Waals surface area contributed by atoms with E-state index < -0.39 is 11.7 Å². The van der Waals surface area contributed by atoms with Crippen LogP contribution in [0.2, 0.25) is 5.02 Å². The van der Waals surface area contributed by atoms with Crippen LogP contribution in [-0.2, 0) is 6.18 Å². The molecule has 0 N–H and O–H groups in total. The number of benzene rings is 2. The molecule has 0 bridgehead atoms. The number of rotatable bonds is 2. The van der Waals surface area contributed by atoms with E-state index in [1.54, 1.807) is 26.0 Å². The second-order valence-electron chi connectivity index (χ2n) is 4.82. The Kier molecular flexibility index (Phi) is 4.10. The Morgan fingerprint density at radius 1 is 1.00 bits per heavy atom.